The summed E-state index contributed by atoms with van der Waals surface area (Å²) in [4.78, 5) is 0. The van der Waals surface area contributed by atoms with E-state index in [0.717, 1.165) is 16.9 Å². The van der Waals surface area contributed by atoms with Gasteiger partial charge in [0.1, 0.15) is 0 Å². The Morgan fingerprint density at radius 2 is 1.29 bits per heavy atom. The summed E-state index contributed by atoms with van der Waals surface area (Å²) < 4.78 is 0. The lowest BCUT2D eigenvalue weighted by atomic mass is 10.1. The highest BCUT2D eigenvalue weighted by Crippen LogP contribution is 2.13. The van der Waals surface area contributed by atoms with Gasteiger partial charge in [-0.15, -0.1) is 0 Å². The van der Waals surface area contributed by atoms with E-state index in [4.69, 9.17) is 5.73 Å². The molecule has 0 spiro atoms. The second kappa shape index (κ2) is 5.21. The van der Waals surface area contributed by atoms with Crippen LogP contribution in [0.15, 0.2) is 48.5 Å². The summed E-state index contributed by atoms with van der Waals surface area (Å²) in [6, 6.07) is 16.1. The van der Waals surface area contributed by atoms with Crippen molar-refractivity contribution in [1.29, 1.82) is 0 Å². The Kier molecular flexibility index (Phi) is 3.46. The summed E-state index contributed by atoms with van der Waals surface area (Å²) in [7, 11) is 1.92. The highest BCUT2D eigenvalue weighted by atomic mass is 14.7. The Balaban J connectivity index is 2.11. The van der Waals surface area contributed by atoms with Crippen LogP contribution in [0.3, 0.4) is 0 Å². The van der Waals surface area contributed by atoms with Gasteiger partial charge in [-0.3, -0.25) is 0 Å². The molecule has 0 atom stereocenters. The fourth-order valence-electron chi connectivity index (χ4n) is 1.56. The van der Waals surface area contributed by atoms with Crippen LogP contribution in [-0.2, 0) is 0 Å². The molecule has 0 saturated carbocycles. The van der Waals surface area contributed by atoms with Crippen LogP contribution in [0.1, 0.15) is 11.1 Å². The van der Waals surface area contributed by atoms with Crippen molar-refractivity contribution >= 4 is 23.5 Å². The molecule has 0 heterocycles. The summed E-state index contributed by atoms with van der Waals surface area (Å²) in [6.45, 7) is 0. The molecule has 2 heteroatoms. The molecule has 2 rings (SSSR count). The first-order valence-electron chi connectivity index (χ1n) is 5.59. The van der Waals surface area contributed by atoms with E-state index in [1.807, 2.05) is 31.3 Å². The Labute approximate surface area is 102 Å². The number of anilines is 2. The van der Waals surface area contributed by atoms with Gasteiger partial charge >= 0.3 is 0 Å². The topological polar surface area (TPSA) is 38.0 Å². The van der Waals surface area contributed by atoms with E-state index in [-0.39, 0.29) is 0 Å². The van der Waals surface area contributed by atoms with Crippen LogP contribution in [0, 0.1) is 0 Å². The van der Waals surface area contributed by atoms with E-state index in [1.165, 1.54) is 5.56 Å². The van der Waals surface area contributed by atoms with E-state index in [9.17, 15) is 0 Å². The minimum absolute atomic E-state index is 0.792. The second-order valence-electron chi connectivity index (χ2n) is 3.87. The van der Waals surface area contributed by atoms with Crippen LogP contribution in [0.4, 0.5) is 11.4 Å². The zero-order valence-corrected chi connectivity index (χ0v) is 9.85. The van der Waals surface area contributed by atoms with Crippen molar-refractivity contribution in [3.63, 3.8) is 0 Å². The molecule has 0 aliphatic heterocycles. The molecule has 0 aliphatic rings. The van der Waals surface area contributed by atoms with Crippen LogP contribution in [0.2, 0.25) is 0 Å². The SMILES string of the molecule is [11CH3]Nc1ccc(/C=C/c2ccc(N)cc2)cc1. The van der Waals surface area contributed by atoms with Gasteiger partial charge in [0.2, 0.25) is 0 Å². The van der Waals surface area contributed by atoms with Crippen molar-refractivity contribution in [1.82, 2.24) is 0 Å². The maximum atomic E-state index is 5.63. The van der Waals surface area contributed by atoms with Gasteiger partial charge in [-0.2, -0.15) is 0 Å². The molecule has 0 radical (unpaired) electrons. The summed E-state index contributed by atoms with van der Waals surface area (Å²) >= 11 is 0. The van der Waals surface area contributed by atoms with Gasteiger partial charge in [0, 0.05) is 18.4 Å². The lowest BCUT2D eigenvalue weighted by Gasteiger charge is -1.99. The van der Waals surface area contributed by atoms with Crippen LogP contribution in [-0.4, -0.2) is 7.05 Å². The fraction of sp³-hybridized carbons (Fsp3) is 0.0667. The predicted octanol–water partition coefficient (Wildman–Crippen LogP) is 3.48. The number of nitrogen functional groups attached to an aromatic ring is 1. The Morgan fingerprint density at radius 1 is 0.824 bits per heavy atom. The molecule has 0 amide bonds. The third-order valence-corrected chi connectivity index (χ3v) is 2.60. The normalized spacial score (nSPS) is 10.6. The minimum atomic E-state index is 0.792. The first kappa shape index (κ1) is 11.3. The smallest absolute Gasteiger partial charge is 0.0337 e. The summed E-state index contributed by atoms with van der Waals surface area (Å²) in [6.07, 6.45) is 4.17. The van der Waals surface area contributed by atoms with Crippen LogP contribution in [0.25, 0.3) is 12.2 Å². The van der Waals surface area contributed by atoms with Gasteiger partial charge < -0.3 is 11.1 Å². The number of nitrogens with one attached hydrogen (secondary N) is 1. The van der Waals surface area contributed by atoms with Crippen molar-refractivity contribution in [2.75, 3.05) is 18.1 Å². The Bertz CT molecular complexity index is 495. The quantitative estimate of drug-likeness (QED) is 0.617. The Hall–Kier alpha value is -2.22. The number of hydrogen-bond donors (Lipinski definition) is 2. The maximum Gasteiger partial charge on any atom is 0.0337 e. The lowest BCUT2D eigenvalue weighted by Crippen LogP contribution is -1.86. The summed E-state index contributed by atoms with van der Waals surface area (Å²) in [5.74, 6) is 0. The van der Waals surface area contributed by atoms with E-state index >= 15 is 0 Å². The van der Waals surface area contributed by atoms with E-state index in [2.05, 4.69) is 41.7 Å². The number of hydrogen-bond acceptors (Lipinski definition) is 2. The van der Waals surface area contributed by atoms with Crippen molar-refractivity contribution in [3.8, 4) is 0 Å². The number of nitrogens with two attached hydrogens (primary N) is 1. The highest BCUT2D eigenvalue weighted by molar-refractivity contribution is 5.71. The van der Waals surface area contributed by atoms with Crippen molar-refractivity contribution in [2.45, 2.75) is 0 Å². The molecule has 3 N–H and O–H groups in total. The molecule has 86 valence electrons. The predicted molar refractivity (Wildman–Crippen MR) is 75.8 cm³/mol. The average molecular weight is 223 g/mol. The molecule has 2 aromatic rings. The van der Waals surface area contributed by atoms with Gasteiger partial charge in [-0.05, 0) is 35.4 Å². The summed E-state index contributed by atoms with van der Waals surface area (Å²) in [5, 5.41) is 3.10. The van der Waals surface area contributed by atoms with E-state index < -0.39 is 0 Å². The molecule has 2 nitrogen and oxygen atoms in total. The van der Waals surface area contributed by atoms with Crippen LogP contribution < -0.4 is 11.1 Å². The molecule has 17 heavy (non-hydrogen) atoms. The third kappa shape index (κ3) is 3.11. The molecule has 2 aromatic carbocycles. The monoisotopic (exact) mass is 223 g/mol. The van der Waals surface area contributed by atoms with Crippen molar-refractivity contribution in [2.24, 2.45) is 0 Å². The molecule has 0 bridgehead atoms. The molecule has 0 fully saturated rings. The minimum Gasteiger partial charge on any atom is -0.399 e. The van der Waals surface area contributed by atoms with Gasteiger partial charge in [0.15, 0.2) is 0 Å². The third-order valence-electron chi connectivity index (χ3n) is 2.60. The maximum absolute atomic E-state index is 5.63. The van der Waals surface area contributed by atoms with Gasteiger partial charge in [0.05, 0.1) is 0 Å². The van der Waals surface area contributed by atoms with E-state index in [1.54, 1.807) is 0 Å². The zero-order valence-electron chi connectivity index (χ0n) is 9.85. The van der Waals surface area contributed by atoms with Crippen molar-refractivity contribution < 1.29 is 0 Å². The fourth-order valence-corrected chi connectivity index (χ4v) is 1.56. The zero-order chi connectivity index (χ0) is 12.1. The van der Waals surface area contributed by atoms with Gasteiger partial charge in [-0.25, -0.2) is 0 Å². The van der Waals surface area contributed by atoms with Gasteiger partial charge in [-0.1, -0.05) is 36.4 Å². The molecule has 0 saturated heterocycles. The van der Waals surface area contributed by atoms with Crippen LogP contribution >= 0.6 is 0 Å². The van der Waals surface area contributed by atoms with Gasteiger partial charge in [0.25, 0.3) is 0 Å². The standard InChI is InChI=1S/C15H16N2/c1-17-15-10-6-13(7-11-15)3-2-12-4-8-14(16)9-5-12/h2-11,17H,16H2,1H3/b3-2+/i1-1. The second-order valence-corrected chi connectivity index (χ2v) is 3.87. The molecule has 0 unspecified atom stereocenters. The highest BCUT2D eigenvalue weighted by Gasteiger charge is 1.90. The number of benzene rings is 2. The first-order chi connectivity index (χ1) is 8.28. The van der Waals surface area contributed by atoms with Crippen LogP contribution in [0.5, 0.6) is 0 Å². The lowest BCUT2D eigenvalue weighted by molar-refractivity contribution is 1.51. The molecule has 0 aromatic heterocycles. The Morgan fingerprint density at radius 3 is 1.76 bits per heavy atom. The summed E-state index contributed by atoms with van der Waals surface area (Å²) in [5.41, 5.74) is 9.88. The molecular formula is C15H16N2. The van der Waals surface area contributed by atoms with Crippen molar-refractivity contribution in [3.05, 3.63) is 59.7 Å². The molecular weight excluding hydrogens is 207 g/mol. The molecule has 0 aliphatic carbocycles. The average Bonchev–Trinajstić information content (AvgIpc) is 2.39. The first-order valence-corrected chi connectivity index (χ1v) is 5.59. The number of rotatable bonds is 3. The largest absolute Gasteiger partial charge is 0.399 e. The van der Waals surface area contributed by atoms with E-state index in [0.29, 0.717) is 0 Å².